The SMILES string of the molecule is CN(C)C1(c2ccccc2)CCC2(CC1)OCCc1oc3ccccc3c12.CS(=O)(=O)O. The lowest BCUT2D eigenvalue weighted by molar-refractivity contribution is -0.112. The highest BCUT2D eigenvalue weighted by Gasteiger charge is 2.49. The highest BCUT2D eigenvalue weighted by Crippen LogP contribution is 2.53. The van der Waals surface area contributed by atoms with E-state index in [4.69, 9.17) is 13.7 Å². The molecule has 0 unspecified atom stereocenters. The number of hydrogen-bond donors (Lipinski definition) is 1. The van der Waals surface area contributed by atoms with E-state index in [1.165, 1.54) is 16.5 Å². The van der Waals surface area contributed by atoms with Gasteiger partial charge in [-0.25, -0.2) is 0 Å². The third-order valence-electron chi connectivity index (χ3n) is 6.88. The Labute approximate surface area is 189 Å². The summed E-state index contributed by atoms with van der Waals surface area (Å²) in [6.45, 7) is 0.757. The molecule has 7 heteroatoms. The lowest BCUT2D eigenvalue weighted by atomic mass is 9.67. The Kier molecular flexibility index (Phi) is 6.20. The average Bonchev–Trinajstić information content (AvgIpc) is 3.14. The van der Waals surface area contributed by atoms with E-state index in [1.807, 2.05) is 0 Å². The van der Waals surface area contributed by atoms with Gasteiger partial charge in [0.2, 0.25) is 0 Å². The van der Waals surface area contributed by atoms with Gasteiger partial charge in [-0.2, -0.15) is 8.42 Å². The Bertz CT molecular complexity index is 1170. The molecule has 2 aliphatic rings. The molecule has 2 heterocycles. The van der Waals surface area contributed by atoms with Crippen LogP contribution in [-0.4, -0.2) is 44.8 Å². The van der Waals surface area contributed by atoms with Crippen molar-refractivity contribution >= 4 is 21.1 Å². The number of para-hydroxylation sites is 1. The fraction of sp³-hybridized carbons (Fsp3) is 0.440. The van der Waals surface area contributed by atoms with Crippen molar-refractivity contribution in [2.45, 2.75) is 43.2 Å². The Hall–Kier alpha value is -2.19. The van der Waals surface area contributed by atoms with E-state index < -0.39 is 10.1 Å². The summed E-state index contributed by atoms with van der Waals surface area (Å²) in [5, 5.41) is 1.24. The second-order valence-corrected chi connectivity index (χ2v) is 10.5. The van der Waals surface area contributed by atoms with Crippen molar-refractivity contribution in [3.05, 3.63) is 71.5 Å². The third-order valence-corrected chi connectivity index (χ3v) is 6.88. The standard InChI is InChI=1S/C24H27NO2.CH4O3S/c1-25(2)23(18-8-4-3-5-9-18)13-15-24(16-14-23)22-19-10-6-7-11-20(19)27-21(22)12-17-26-24;1-5(2,3)4/h3-11H,12-17H2,1-2H3;1H3,(H,2,3,4). The molecule has 1 aliphatic carbocycles. The molecule has 2 aromatic carbocycles. The predicted octanol–water partition coefficient (Wildman–Crippen LogP) is 4.74. The summed E-state index contributed by atoms with van der Waals surface area (Å²) in [6.07, 6.45) is 5.81. The normalized spacial score (nSPS) is 25.4. The maximum absolute atomic E-state index is 9.19. The number of hydrogen-bond acceptors (Lipinski definition) is 5. The molecule has 1 saturated carbocycles. The van der Waals surface area contributed by atoms with Crippen LogP contribution in [0.2, 0.25) is 0 Å². The van der Waals surface area contributed by atoms with Gasteiger partial charge in [-0.15, -0.1) is 0 Å². The van der Waals surface area contributed by atoms with E-state index in [9.17, 15) is 8.42 Å². The van der Waals surface area contributed by atoms with E-state index in [2.05, 4.69) is 73.6 Å². The van der Waals surface area contributed by atoms with E-state index in [0.717, 1.165) is 50.1 Å². The van der Waals surface area contributed by atoms with Gasteiger partial charge >= 0.3 is 0 Å². The molecule has 0 amide bonds. The monoisotopic (exact) mass is 457 g/mol. The third kappa shape index (κ3) is 4.35. The number of nitrogens with zero attached hydrogens (tertiary/aromatic N) is 1. The van der Waals surface area contributed by atoms with E-state index >= 15 is 0 Å². The van der Waals surface area contributed by atoms with Gasteiger partial charge in [0.25, 0.3) is 10.1 Å². The molecule has 0 radical (unpaired) electrons. The second-order valence-electron chi connectivity index (χ2n) is 9.01. The minimum Gasteiger partial charge on any atom is -0.461 e. The molecule has 32 heavy (non-hydrogen) atoms. The van der Waals surface area contributed by atoms with Crippen LogP contribution < -0.4 is 0 Å². The van der Waals surface area contributed by atoms with Gasteiger partial charge in [0.15, 0.2) is 0 Å². The molecule has 1 spiro atoms. The molecule has 172 valence electrons. The number of benzene rings is 2. The van der Waals surface area contributed by atoms with Crippen LogP contribution in [0.5, 0.6) is 0 Å². The minimum absolute atomic E-state index is 0.0764. The maximum Gasteiger partial charge on any atom is 0.261 e. The number of rotatable bonds is 2. The van der Waals surface area contributed by atoms with Crippen molar-refractivity contribution in [2.24, 2.45) is 0 Å². The molecule has 1 aromatic heterocycles. The Morgan fingerprint density at radius 1 is 0.938 bits per heavy atom. The molecule has 0 atom stereocenters. The first-order valence-electron chi connectivity index (χ1n) is 10.9. The first kappa shape index (κ1) is 23.0. The highest BCUT2D eigenvalue weighted by molar-refractivity contribution is 7.85. The van der Waals surface area contributed by atoms with Crippen molar-refractivity contribution in [3.63, 3.8) is 0 Å². The molecular weight excluding hydrogens is 426 g/mol. The molecule has 1 fully saturated rings. The van der Waals surface area contributed by atoms with Crippen molar-refractivity contribution in [1.29, 1.82) is 0 Å². The van der Waals surface area contributed by atoms with E-state index in [0.29, 0.717) is 6.26 Å². The highest BCUT2D eigenvalue weighted by atomic mass is 32.2. The molecule has 0 saturated heterocycles. The van der Waals surface area contributed by atoms with Gasteiger partial charge in [-0.3, -0.25) is 9.45 Å². The van der Waals surface area contributed by atoms with Gasteiger partial charge in [-0.1, -0.05) is 48.5 Å². The summed E-state index contributed by atoms with van der Waals surface area (Å²) < 4.78 is 38.6. The molecule has 3 aromatic rings. The largest absolute Gasteiger partial charge is 0.461 e. The van der Waals surface area contributed by atoms with Crippen LogP contribution in [0.3, 0.4) is 0 Å². The lowest BCUT2D eigenvalue weighted by Crippen LogP contribution is -2.49. The molecule has 5 rings (SSSR count). The predicted molar refractivity (Wildman–Crippen MR) is 125 cm³/mol. The van der Waals surface area contributed by atoms with E-state index in [1.54, 1.807) is 0 Å². The zero-order chi connectivity index (χ0) is 23.0. The van der Waals surface area contributed by atoms with Crippen molar-refractivity contribution in [3.8, 4) is 0 Å². The van der Waals surface area contributed by atoms with Gasteiger partial charge in [0.1, 0.15) is 11.3 Å². The first-order valence-corrected chi connectivity index (χ1v) is 12.8. The summed E-state index contributed by atoms with van der Waals surface area (Å²) in [5.74, 6) is 1.14. The smallest absolute Gasteiger partial charge is 0.261 e. The summed E-state index contributed by atoms with van der Waals surface area (Å²) >= 11 is 0. The van der Waals surface area contributed by atoms with Crippen LogP contribution in [-0.2, 0) is 32.4 Å². The molecule has 1 aliphatic heterocycles. The zero-order valence-electron chi connectivity index (χ0n) is 18.9. The number of fused-ring (bicyclic) bond motifs is 4. The lowest BCUT2D eigenvalue weighted by Gasteiger charge is -2.50. The Morgan fingerprint density at radius 2 is 1.53 bits per heavy atom. The topological polar surface area (TPSA) is 80.0 Å². The Morgan fingerprint density at radius 3 is 2.16 bits per heavy atom. The zero-order valence-corrected chi connectivity index (χ0v) is 19.7. The van der Waals surface area contributed by atoms with Gasteiger partial charge in [0, 0.05) is 22.9 Å². The summed E-state index contributed by atoms with van der Waals surface area (Å²) in [6, 6.07) is 19.4. The van der Waals surface area contributed by atoms with Crippen molar-refractivity contribution in [2.75, 3.05) is 27.0 Å². The first-order chi connectivity index (χ1) is 15.1. The molecule has 1 N–H and O–H groups in total. The number of furan rings is 1. The van der Waals surface area contributed by atoms with Crippen LogP contribution in [0.25, 0.3) is 11.0 Å². The van der Waals surface area contributed by atoms with Crippen LogP contribution in [0.15, 0.2) is 59.0 Å². The van der Waals surface area contributed by atoms with Crippen molar-refractivity contribution in [1.82, 2.24) is 4.90 Å². The van der Waals surface area contributed by atoms with Gasteiger partial charge < -0.3 is 9.15 Å². The van der Waals surface area contributed by atoms with Gasteiger partial charge in [0.05, 0.1) is 18.5 Å². The van der Waals surface area contributed by atoms with Crippen LogP contribution in [0.1, 0.15) is 42.6 Å². The molecule has 0 bridgehead atoms. The fourth-order valence-electron chi connectivity index (χ4n) is 5.39. The quantitative estimate of drug-likeness (QED) is 0.560. The summed E-state index contributed by atoms with van der Waals surface area (Å²) in [5.41, 5.74) is 3.61. The number of ether oxygens (including phenoxy) is 1. The molecular formula is C25H31NO5S. The van der Waals surface area contributed by atoms with E-state index in [-0.39, 0.29) is 11.1 Å². The maximum atomic E-state index is 9.19. The minimum atomic E-state index is -3.67. The summed E-state index contributed by atoms with van der Waals surface area (Å²) in [4.78, 5) is 2.41. The average molecular weight is 458 g/mol. The van der Waals surface area contributed by atoms with Crippen LogP contribution in [0.4, 0.5) is 0 Å². The van der Waals surface area contributed by atoms with Crippen LogP contribution in [0, 0.1) is 0 Å². The van der Waals surface area contributed by atoms with Gasteiger partial charge in [-0.05, 0) is 51.4 Å². The Balaban J connectivity index is 0.000000444. The molecule has 6 nitrogen and oxygen atoms in total. The van der Waals surface area contributed by atoms with Crippen molar-refractivity contribution < 1.29 is 22.1 Å². The second kappa shape index (κ2) is 8.63. The summed E-state index contributed by atoms with van der Waals surface area (Å²) in [7, 11) is 0.761. The van der Waals surface area contributed by atoms with Crippen LogP contribution >= 0.6 is 0 Å². The fourth-order valence-corrected chi connectivity index (χ4v) is 5.39.